The molecule has 0 unspecified atom stereocenters. The Morgan fingerprint density at radius 2 is 1.80 bits per heavy atom. The Morgan fingerprint density at radius 1 is 0.967 bits per heavy atom. The normalized spacial score (nSPS) is 11.1. The molecule has 0 atom stereocenters. The van der Waals surface area contributed by atoms with Crippen molar-refractivity contribution in [3.05, 3.63) is 90.5 Å². The molecule has 0 spiro atoms. The van der Waals surface area contributed by atoms with Crippen LogP contribution in [-0.2, 0) is 0 Å². The fraction of sp³-hybridized carbons (Fsp3) is 0.0417. The lowest BCUT2D eigenvalue weighted by Crippen LogP contribution is -2.13. The van der Waals surface area contributed by atoms with Crippen LogP contribution in [0.4, 0.5) is 11.4 Å². The average molecular weight is 410 g/mol. The second-order valence-electron chi connectivity index (χ2n) is 6.89. The van der Waals surface area contributed by atoms with Gasteiger partial charge in [0.05, 0.1) is 45.4 Å². The molecule has 0 bridgehead atoms. The predicted molar refractivity (Wildman–Crippen MR) is 123 cm³/mol. The summed E-state index contributed by atoms with van der Waals surface area (Å²) >= 11 is 1.72. The van der Waals surface area contributed by atoms with Crippen molar-refractivity contribution >= 4 is 34.2 Å². The zero-order valence-corrected chi connectivity index (χ0v) is 17.1. The summed E-state index contributed by atoms with van der Waals surface area (Å²) in [4.78, 5) is 10.2. The third-order valence-corrected chi connectivity index (χ3v) is 5.73. The lowest BCUT2D eigenvalue weighted by atomic mass is 10.1. The first-order chi connectivity index (χ1) is 14.7. The molecule has 2 heterocycles. The zero-order valence-electron chi connectivity index (χ0n) is 16.3. The number of nitrogens with one attached hydrogen (secondary N) is 2. The first-order valence-electron chi connectivity index (χ1n) is 9.54. The molecule has 1 aliphatic carbocycles. The van der Waals surface area contributed by atoms with Gasteiger partial charge in [0, 0.05) is 16.8 Å². The lowest BCUT2D eigenvalue weighted by Gasteiger charge is -2.20. The van der Waals surface area contributed by atoms with E-state index in [1.165, 1.54) is 4.90 Å². The Balaban J connectivity index is 1.75. The Labute approximate surface area is 178 Å². The number of hydrogen-bond donors (Lipinski definition) is 2. The van der Waals surface area contributed by atoms with Gasteiger partial charge in [0.1, 0.15) is 0 Å². The topological polar surface area (TPSA) is 66.6 Å². The van der Waals surface area contributed by atoms with E-state index in [1.54, 1.807) is 24.2 Å². The molecule has 6 heteroatoms. The van der Waals surface area contributed by atoms with Crippen LogP contribution in [0.25, 0.3) is 28.1 Å². The highest BCUT2D eigenvalue weighted by atomic mass is 32.2. The van der Waals surface area contributed by atoms with Crippen molar-refractivity contribution in [1.29, 1.82) is 5.41 Å². The van der Waals surface area contributed by atoms with Crippen LogP contribution in [0.15, 0.2) is 90.1 Å². The maximum atomic E-state index is 8.61. The molecule has 5 nitrogen and oxygen atoms in total. The lowest BCUT2D eigenvalue weighted by molar-refractivity contribution is 1.07. The highest BCUT2D eigenvalue weighted by Gasteiger charge is 2.16. The number of rotatable bonds is 4. The molecule has 2 N–H and O–H groups in total. The highest BCUT2D eigenvalue weighted by molar-refractivity contribution is 7.98. The molecule has 2 aliphatic rings. The Morgan fingerprint density at radius 3 is 2.57 bits per heavy atom. The Hall–Kier alpha value is -3.64. The van der Waals surface area contributed by atoms with Gasteiger partial charge in [-0.25, -0.2) is 4.98 Å². The van der Waals surface area contributed by atoms with E-state index in [-0.39, 0.29) is 0 Å². The summed E-state index contributed by atoms with van der Waals surface area (Å²) in [6.45, 7) is 0. The van der Waals surface area contributed by atoms with Crippen LogP contribution in [0.1, 0.15) is 0 Å². The summed E-state index contributed by atoms with van der Waals surface area (Å²) in [5.41, 5.74) is 6.22. The minimum Gasteiger partial charge on any atom is -0.352 e. The first-order valence-corrected chi connectivity index (χ1v) is 10.8. The van der Waals surface area contributed by atoms with Crippen molar-refractivity contribution in [1.82, 2.24) is 14.5 Å². The van der Waals surface area contributed by atoms with Crippen molar-refractivity contribution in [2.75, 3.05) is 11.6 Å². The molecular formula is C24H19N5S. The first kappa shape index (κ1) is 18.4. The molecule has 0 amide bonds. The van der Waals surface area contributed by atoms with Crippen LogP contribution in [-0.4, -0.2) is 20.8 Å². The van der Waals surface area contributed by atoms with Gasteiger partial charge in [0.2, 0.25) is 0 Å². The van der Waals surface area contributed by atoms with Gasteiger partial charge in [-0.05, 0) is 66.9 Å². The molecule has 146 valence electrons. The molecule has 1 aliphatic heterocycles. The van der Waals surface area contributed by atoms with Crippen LogP contribution in [0.5, 0.6) is 0 Å². The number of anilines is 2. The number of thioether (sulfide) groups is 1. The maximum absolute atomic E-state index is 8.61. The molecule has 3 aromatic rings. The monoisotopic (exact) mass is 409 g/mol. The van der Waals surface area contributed by atoms with Crippen LogP contribution in [0, 0.1) is 5.41 Å². The van der Waals surface area contributed by atoms with Gasteiger partial charge in [-0.15, -0.1) is 11.8 Å². The molecule has 1 aromatic heterocycles. The molecule has 2 aromatic carbocycles. The number of fused-ring (bicyclic) bond motifs is 2. The number of aromatic nitrogens is 3. The van der Waals surface area contributed by atoms with E-state index in [4.69, 9.17) is 10.4 Å². The Bertz CT molecular complexity index is 1360. The molecular weight excluding hydrogens is 390 g/mol. The quantitative estimate of drug-likeness (QED) is 0.305. The smallest absolute Gasteiger partial charge is 0.0900 e. The van der Waals surface area contributed by atoms with Crippen LogP contribution in [0.3, 0.4) is 0 Å². The molecule has 30 heavy (non-hydrogen) atoms. The van der Waals surface area contributed by atoms with E-state index in [0.29, 0.717) is 11.0 Å². The number of para-hydroxylation sites is 2. The summed E-state index contributed by atoms with van der Waals surface area (Å²) in [5.74, 6) is 0. The van der Waals surface area contributed by atoms with Gasteiger partial charge in [0.25, 0.3) is 0 Å². The largest absolute Gasteiger partial charge is 0.352 e. The van der Waals surface area contributed by atoms with E-state index in [2.05, 4.69) is 51.5 Å². The third kappa shape index (κ3) is 3.31. The highest BCUT2D eigenvalue weighted by Crippen LogP contribution is 2.30. The molecule has 0 fully saturated rings. The fourth-order valence-corrected chi connectivity index (χ4v) is 3.97. The summed E-state index contributed by atoms with van der Waals surface area (Å²) in [6.07, 6.45) is 5.54. The molecule has 0 saturated carbocycles. The van der Waals surface area contributed by atoms with E-state index < -0.39 is 0 Å². The zero-order chi connectivity index (χ0) is 20.5. The van der Waals surface area contributed by atoms with Gasteiger partial charge in [-0.1, -0.05) is 12.1 Å². The Kier molecular flexibility index (Phi) is 4.69. The molecule has 5 rings (SSSR count). The second kappa shape index (κ2) is 7.65. The maximum Gasteiger partial charge on any atom is 0.0900 e. The summed E-state index contributed by atoms with van der Waals surface area (Å²) < 4.78 is 2.17. The SMILES string of the molecule is CSc1ccc(-n2c3cc(=N)c(Nc4cccnc4)cc-3nc3ccccc32)cc1. The van der Waals surface area contributed by atoms with E-state index >= 15 is 0 Å². The van der Waals surface area contributed by atoms with Gasteiger partial charge in [0.15, 0.2) is 0 Å². The molecule has 0 radical (unpaired) electrons. The number of nitrogens with zero attached hydrogens (tertiary/aromatic N) is 3. The van der Waals surface area contributed by atoms with Crippen molar-refractivity contribution in [2.24, 2.45) is 0 Å². The van der Waals surface area contributed by atoms with Crippen molar-refractivity contribution in [3.8, 4) is 17.1 Å². The average Bonchev–Trinajstić information content (AvgIpc) is 2.79. The summed E-state index contributed by atoms with van der Waals surface area (Å²) in [7, 11) is 0. The van der Waals surface area contributed by atoms with E-state index in [0.717, 1.165) is 33.8 Å². The van der Waals surface area contributed by atoms with Crippen molar-refractivity contribution < 1.29 is 0 Å². The third-order valence-electron chi connectivity index (χ3n) is 4.99. The van der Waals surface area contributed by atoms with Crippen LogP contribution in [0.2, 0.25) is 0 Å². The summed E-state index contributed by atoms with van der Waals surface area (Å²) in [5, 5.41) is 12.3. The van der Waals surface area contributed by atoms with E-state index in [1.807, 2.05) is 42.5 Å². The predicted octanol–water partition coefficient (Wildman–Crippen LogP) is 5.47. The van der Waals surface area contributed by atoms with E-state index in [9.17, 15) is 0 Å². The van der Waals surface area contributed by atoms with Crippen molar-refractivity contribution in [3.63, 3.8) is 0 Å². The van der Waals surface area contributed by atoms with Gasteiger partial charge < -0.3 is 9.88 Å². The van der Waals surface area contributed by atoms with Gasteiger partial charge in [-0.3, -0.25) is 10.4 Å². The van der Waals surface area contributed by atoms with Gasteiger partial charge in [-0.2, -0.15) is 0 Å². The van der Waals surface area contributed by atoms with Crippen LogP contribution >= 0.6 is 11.8 Å². The minimum absolute atomic E-state index is 0.401. The van der Waals surface area contributed by atoms with Gasteiger partial charge >= 0.3 is 0 Å². The fourth-order valence-electron chi connectivity index (χ4n) is 3.56. The number of pyridine rings is 1. The second-order valence-corrected chi connectivity index (χ2v) is 7.77. The number of benzene rings is 3. The molecule has 0 saturated heterocycles. The standard InChI is InChI=1S/C24H19N5S/c1-30-18-10-8-17(9-11-18)29-23-7-3-2-6-20(23)28-22-14-21(19(25)13-24(22)29)27-16-5-4-12-26-15-16/h2-15,25,27H,1H3. The summed E-state index contributed by atoms with van der Waals surface area (Å²) in [6, 6.07) is 24.2. The van der Waals surface area contributed by atoms with Crippen molar-refractivity contribution in [2.45, 2.75) is 4.90 Å². The number of hydrogen-bond acceptors (Lipinski definition) is 5. The minimum atomic E-state index is 0.401. The van der Waals surface area contributed by atoms with Crippen LogP contribution < -0.4 is 10.7 Å².